The monoisotopic (exact) mass is 257 g/mol. The van der Waals surface area contributed by atoms with Gasteiger partial charge >= 0.3 is 0 Å². The summed E-state index contributed by atoms with van der Waals surface area (Å²) >= 11 is 0. The van der Waals surface area contributed by atoms with Crippen LogP contribution in [0.3, 0.4) is 0 Å². The zero-order valence-corrected chi connectivity index (χ0v) is 12.1. The summed E-state index contributed by atoms with van der Waals surface area (Å²) < 4.78 is 1.95. The summed E-state index contributed by atoms with van der Waals surface area (Å²) in [5, 5.41) is 4.47. The van der Waals surface area contributed by atoms with Gasteiger partial charge in [0.15, 0.2) is 0 Å². The molecule has 3 nitrogen and oxygen atoms in total. The van der Waals surface area contributed by atoms with E-state index in [4.69, 9.17) is 5.73 Å². The first-order chi connectivity index (χ1) is 9.10. The number of rotatable bonds is 5. The molecule has 1 unspecified atom stereocenters. The van der Waals surface area contributed by atoms with Crippen LogP contribution in [0, 0.1) is 6.92 Å². The fraction of sp³-hybridized carbons (Fsp3) is 0.438. The van der Waals surface area contributed by atoms with E-state index in [2.05, 4.69) is 49.3 Å². The van der Waals surface area contributed by atoms with Crippen molar-refractivity contribution in [1.82, 2.24) is 9.78 Å². The van der Waals surface area contributed by atoms with Gasteiger partial charge in [-0.3, -0.25) is 4.68 Å². The lowest BCUT2D eigenvalue weighted by Gasteiger charge is -2.13. The lowest BCUT2D eigenvalue weighted by Crippen LogP contribution is -2.26. The smallest absolute Gasteiger partial charge is 0.0624 e. The van der Waals surface area contributed by atoms with Crippen LogP contribution >= 0.6 is 0 Å². The molecule has 0 bridgehead atoms. The molecular weight excluding hydrogens is 234 g/mol. The maximum Gasteiger partial charge on any atom is 0.0624 e. The van der Waals surface area contributed by atoms with Crippen molar-refractivity contribution in [2.75, 3.05) is 0 Å². The topological polar surface area (TPSA) is 43.8 Å². The highest BCUT2D eigenvalue weighted by molar-refractivity contribution is 5.26. The Labute approximate surface area is 115 Å². The van der Waals surface area contributed by atoms with Gasteiger partial charge in [0.25, 0.3) is 0 Å². The maximum atomic E-state index is 6.29. The van der Waals surface area contributed by atoms with E-state index in [9.17, 15) is 0 Å². The van der Waals surface area contributed by atoms with Crippen LogP contribution in [-0.4, -0.2) is 15.8 Å². The Bertz CT molecular complexity index is 543. The fourth-order valence-electron chi connectivity index (χ4n) is 2.40. The molecule has 19 heavy (non-hydrogen) atoms. The third-order valence-corrected chi connectivity index (χ3v) is 3.60. The van der Waals surface area contributed by atoms with Crippen molar-refractivity contribution >= 4 is 0 Å². The Morgan fingerprint density at radius 1 is 1.26 bits per heavy atom. The van der Waals surface area contributed by atoms with Gasteiger partial charge in [0.1, 0.15) is 0 Å². The molecule has 1 aromatic carbocycles. The third-order valence-electron chi connectivity index (χ3n) is 3.60. The molecule has 0 saturated carbocycles. The van der Waals surface area contributed by atoms with Crippen molar-refractivity contribution in [1.29, 1.82) is 0 Å². The van der Waals surface area contributed by atoms with E-state index in [1.165, 1.54) is 16.8 Å². The highest BCUT2D eigenvalue weighted by atomic mass is 15.3. The predicted molar refractivity (Wildman–Crippen MR) is 79.1 cm³/mol. The van der Waals surface area contributed by atoms with Crippen LogP contribution in [-0.2, 0) is 26.3 Å². The molecule has 0 aliphatic heterocycles. The molecule has 0 saturated heterocycles. The summed E-state index contributed by atoms with van der Waals surface area (Å²) in [6.07, 6.45) is 2.76. The first-order valence-electron chi connectivity index (χ1n) is 6.92. The standard InChI is InChI=1S/C16H23N3/c1-4-15-11-16(19(3)18-15)10-14(17)9-13-8-6-5-7-12(13)2/h5-8,11,14H,4,9-10,17H2,1-3H3. The molecule has 1 atom stereocenters. The molecule has 3 heteroatoms. The highest BCUT2D eigenvalue weighted by Gasteiger charge is 2.11. The van der Waals surface area contributed by atoms with Crippen molar-refractivity contribution in [2.45, 2.75) is 39.2 Å². The van der Waals surface area contributed by atoms with E-state index in [0.717, 1.165) is 25.0 Å². The lowest BCUT2D eigenvalue weighted by atomic mass is 9.99. The molecule has 2 aromatic rings. The molecule has 0 spiro atoms. The molecule has 0 aliphatic rings. The maximum absolute atomic E-state index is 6.29. The highest BCUT2D eigenvalue weighted by Crippen LogP contribution is 2.12. The Balaban J connectivity index is 2.03. The molecular formula is C16H23N3. The van der Waals surface area contributed by atoms with Crippen molar-refractivity contribution in [3.8, 4) is 0 Å². The molecule has 2 N–H and O–H groups in total. The summed E-state index contributed by atoms with van der Waals surface area (Å²) in [6, 6.07) is 10.8. The van der Waals surface area contributed by atoms with Crippen LogP contribution < -0.4 is 5.73 Å². The second-order valence-electron chi connectivity index (χ2n) is 5.20. The van der Waals surface area contributed by atoms with E-state index >= 15 is 0 Å². The van der Waals surface area contributed by atoms with Gasteiger partial charge in [-0.1, -0.05) is 31.2 Å². The second kappa shape index (κ2) is 6.02. The number of nitrogens with zero attached hydrogens (tertiary/aromatic N) is 2. The van der Waals surface area contributed by atoms with Crippen LogP contribution in [0.4, 0.5) is 0 Å². The van der Waals surface area contributed by atoms with Gasteiger partial charge in [-0.05, 0) is 37.0 Å². The van der Waals surface area contributed by atoms with Gasteiger partial charge in [0.2, 0.25) is 0 Å². The second-order valence-corrected chi connectivity index (χ2v) is 5.20. The van der Waals surface area contributed by atoms with E-state index < -0.39 is 0 Å². The fourth-order valence-corrected chi connectivity index (χ4v) is 2.40. The Kier molecular flexibility index (Phi) is 4.38. The molecule has 0 fully saturated rings. The largest absolute Gasteiger partial charge is 0.327 e. The zero-order chi connectivity index (χ0) is 13.8. The first kappa shape index (κ1) is 13.8. The third kappa shape index (κ3) is 3.44. The molecule has 0 radical (unpaired) electrons. The average Bonchev–Trinajstić information content (AvgIpc) is 2.73. The number of hydrogen-bond acceptors (Lipinski definition) is 2. The van der Waals surface area contributed by atoms with Crippen molar-refractivity contribution in [3.05, 3.63) is 52.8 Å². The minimum absolute atomic E-state index is 0.140. The lowest BCUT2D eigenvalue weighted by molar-refractivity contribution is 0.610. The molecule has 102 valence electrons. The van der Waals surface area contributed by atoms with Crippen LogP contribution in [0.1, 0.15) is 29.4 Å². The Morgan fingerprint density at radius 2 is 2.00 bits per heavy atom. The normalized spacial score (nSPS) is 12.6. The molecule has 1 aromatic heterocycles. The number of benzene rings is 1. The molecule has 2 rings (SSSR count). The Morgan fingerprint density at radius 3 is 2.63 bits per heavy atom. The number of aromatic nitrogens is 2. The summed E-state index contributed by atoms with van der Waals surface area (Å²) in [4.78, 5) is 0. The van der Waals surface area contributed by atoms with Gasteiger partial charge in [-0.15, -0.1) is 0 Å². The summed E-state index contributed by atoms with van der Waals surface area (Å²) in [6.45, 7) is 4.26. The van der Waals surface area contributed by atoms with Crippen molar-refractivity contribution in [2.24, 2.45) is 12.8 Å². The minimum atomic E-state index is 0.140. The first-order valence-corrected chi connectivity index (χ1v) is 6.92. The van der Waals surface area contributed by atoms with E-state index in [0.29, 0.717) is 0 Å². The van der Waals surface area contributed by atoms with Gasteiger partial charge < -0.3 is 5.73 Å². The van der Waals surface area contributed by atoms with Crippen LogP contribution in [0.15, 0.2) is 30.3 Å². The van der Waals surface area contributed by atoms with E-state index in [-0.39, 0.29) is 6.04 Å². The minimum Gasteiger partial charge on any atom is -0.327 e. The van der Waals surface area contributed by atoms with Crippen LogP contribution in [0.2, 0.25) is 0 Å². The zero-order valence-electron chi connectivity index (χ0n) is 12.1. The van der Waals surface area contributed by atoms with E-state index in [1.54, 1.807) is 0 Å². The quantitative estimate of drug-likeness (QED) is 0.894. The summed E-state index contributed by atoms with van der Waals surface area (Å²) in [7, 11) is 2.00. The van der Waals surface area contributed by atoms with Crippen molar-refractivity contribution < 1.29 is 0 Å². The van der Waals surface area contributed by atoms with Gasteiger partial charge in [-0.2, -0.15) is 5.10 Å². The van der Waals surface area contributed by atoms with Crippen molar-refractivity contribution in [3.63, 3.8) is 0 Å². The van der Waals surface area contributed by atoms with E-state index in [1.807, 2.05) is 11.7 Å². The summed E-state index contributed by atoms with van der Waals surface area (Å²) in [5.74, 6) is 0. The SMILES string of the molecule is CCc1cc(CC(N)Cc2ccccc2C)n(C)n1. The summed E-state index contributed by atoms with van der Waals surface area (Å²) in [5.41, 5.74) is 11.3. The molecule has 0 amide bonds. The van der Waals surface area contributed by atoms with Gasteiger partial charge in [0.05, 0.1) is 5.69 Å². The number of hydrogen-bond donors (Lipinski definition) is 1. The number of nitrogens with two attached hydrogens (primary N) is 1. The van der Waals surface area contributed by atoms with Crippen LogP contribution in [0.5, 0.6) is 0 Å². The van der Waals surface area contributed by atoms with Gasteiger partial charge in [0, 0.05) is 25.2 Å². The van der Waals surface area contributed by atoms with Crippen LogP contribution in [0.25, 0.3) is 0 Å². The average molecular weight is 257 g/mol. The predicted octanol–water partition coefficient (Wildman–Crippen LogP) is 2.40. The Hall–Kier alpha value is -1.61. The molecule has 0 aliphatic carbocycles. The van der Waals surface area contributed by atoms with Gasteiger partial charge in [-0.25, -0.2) is 0 Å². The number of aryl methyl sites for hydroxylation is 3. The molecule has 1 heterocycles.